The highest BCUT2D eigenvalue weighted by molar-refractivity contribution is 7.89. The zero-order valence-corrected chi connectivity index (χ0v) is 13.3. The van der Waals surface area contributed by atoms with Gasteiger partial charge in [-0.2, -0.15) is 0 Å². The summed E-state index contributed by atoms with van der Waals surface area (Å²) in [4.78, 5) is 11.6. The summed E-state index contributed by atoms with van der Waals surface area (Å²) in [5, 5.41) is 11.0. The molecule has 8 heteroatoms. The lowest BCUT2D eigenvalue weighted by molar-refractivity contribution is 0.0602. The summed E-state index contributed by atoms with van der Waals surface area (Å²) in [5.41, 5.74) is 0.499. The molecular weight excluding hydrogens is 302 g/mol. The van der Waals surface area contributed by atoms with Gasteiger partial charge in [0.25, 0.3) is 0 Å². The minimum absolute atomic E-state index is 0.0414. The van der Waals surface area contributed by atoms with E-state index in [2.05, 4.69) is 9.46 Å². The maximum absolute atomic E-state index is 12.2. The molecule has 1 aromatic rings. The Hall–Kier alpha value is -0.960. The van der Waals surface area contributed by atoms with Gasteiger partial charge in [-0.05, 0) is 30.7 Å². The Balaban J connectivity index is 2.92. The molecular formula is C12H19NO5S2. The van der Waals surface area contributed by atoms with Crippen LogP contribution in [0.5, 0.6) is 0 Å². The first-order valence-electron chi connectivity index (χ1n) is 6.17. The van der Waals surface area contributed by atoms with Crippen molar-refractivity contribution in [1.82, 2.24) is 4.72 Å². The molecule has 0 spiro atoms. The maximum Gasteiger partial charge on any atom is 0.349 e. The normalized spacial score (nSPS) is 13.2. The molecule has 0 aliphatic carbocycles. The Bertz CT molecular complexity index is 564. The molecule has 0 fully saturated rings. The van der Waals surface area contributed by atoms with Crippen LogP contribution in [0.4, 0.5) is 0 Å². The molecule has 1 rings (SSSR count). The Kier molecular flexibility index (Phi) is 6.12. The minimum Gasteiger partial charge on any atom is -0.465 e. The lowest BCUT2D eigenvalue weighted by Gasteiger charge is -2.10. The van der Waals surface area contributed by atoms with E-state index in [-0.39, 0.29) is 16.3 Å². The van der Waals surface area contributed by atoms with Crippen LogP contribution in [-0.2, 0) is 14.8 Å². The van der Waals surface area contributed by atoms with Crippen LogP contribution in [-0.4, -0.2) is 39.3 Å². The number of carbonyl (C=O) groups is 1. The van der Waals surface area contributed by atoms with Gasteiger partial charge in [-0.15, -0.1) is 11.3 Å². The van der Waals surface area contributed by atoms with E-state index in [0.717, 1.165) is 11.3 Å². The zero-order chi connectivity index (χ0) is 15.3. The van der Waals surface area contributed by atoms with E-state index in [1.54, 1.807) is 12.3 Å². The summed E-state index contributed by atoms with van der Waals surface area (Å²) in [6.45, 7) is 3.56. The topological polar surface area (TPSA) is 92.7 Å². The van der Waals surface area contributed by atoms with Gasteiger partial charge in [0.05, 0.1) is 13.2 Å². The number of rotatable bonds is 7. The highest BCUT2D eigenvalue weighted by Gasteiger charge is 2.27. The van der Waals surface area contributed by atoms with Crippen molar-refractivity contribution in [3.63, 3.8) is 0 Å². The molecule has 1 atom stereocenters. The van der Waals surface area contributed by atoms with Crippen LogP contribution in [0.15, 0.2) is 10.3 Å². The lowest BCUT2D eigenvalue weighted by atomic mass is 10.2. The number of methoxy groups -OCH3 is 1. The number of aliphatic hydroxyl groups excluding tert-OH is 1. The van der Waals surface area contributed by atoms with Gasteiger partial charge in [0.2, 0.25) is 10.0 Å². The second kappa shape index (κ2) is 7.16. The van der Waals surface area contributed by atoms with Crippen LogP contribution >= 0.6 is 11.3 Å². The molecule has 20 heavy (non-hydrogen) atoms. The first kappa shape index (κ1) is 17.1. The SMILES string of the molecule is CCC(O)CCNS(=O)(=O)c1c(C)csc1C(=O)OC. The number of ether oxygens (including phenoxy) is 1. The predicted molar refractivity (Wildman–Crippen MR) is 76.5 cm³/mol. The number of hydrogen-bond acceptors (Lipinski definition) is 6. The van der Waals surface area contributed by atoms with Gasteiger partial charge in [0.1, 0.15) is 9.77 Å². The standard InChI is InChI=1S/C12H19NO5S2/c1-4-9(14)5-6-13-20(16,17)11-8(2)7-19-10(11)12(15)18-3/h7,9,13-14H,4-6H2,1-3H3. The third-order valence-electron chi connectivity index (χ3n) is 2.80. The number of aryl methyl sites for hydroxylation is 1. The molecule has 0 aliphatic heterocycles. The van der Waals surface area contributed by atoms with Crippen LogP contribution in [0.1, 0.15) is 35.0 Å². The van der Waals surface area contributed by atoms with Crippen LogP contribution in [0.25, 0.3) is 0 Å². The molecule has 6 nitrogen and oxygen atoms in total. The Morgan fingerprint density at radius 1 is 1.55 bits per heavy atom. The van der Waals surface area contributed by atoms with Crippen molar-refractivity contribution in [2.75, 3.05) is 13.7 Å². The van der Waals surface area contributed by atoms with E-state index in [0.29, 0.717) is 18.4 Å². The van der Waals surface area contributed by atoms with Crippen LogP contribution in [0.3, 0.4) is 0 Å². The van der Waals surface area contributed by atoms with Crippen molar-refractivity contribution in [2.45, 2.75) is 37.7 Å². The van der Waals surface area contributed by atoms with Crippen molar-refractivity contribution in [1.29, 1.82) is 0 Å². The average Bonchev–Trinajstić information content (AvgIpc) is 2.80. The molecule has 0 radical (unpaired) electrons. The molecule has 0 aromatic carbocycles. The fourth-order valence-corrected chi connectivity index (χ4v) is 4.39. The van der Waals surface area contributed by atoms with Crippen molar-refractivity contribution in [2.24, 2.45) is 0 Å². The summed E-state index contributed by atoms with van der Waals surface area (Å²) < 4.78 is 31.4. The third-order valence-corrected chi connectivity index (χ3v) is 5.65. The Morgan fingerprint density at radius 2 is 2.20 bits per heavy atom. The van der Waals surface area contributed by atoms with Crippen LogP contribution < -0.4 is 4.72 Å². The van der Waals surface area contributed by atoms with E-state index in [1.807, 2.05) is 6.92 Å². The molecule has 2 N–H and O–H groups in total. The summed E-state index contributed by atoms with van der Waals surface area (Å²) in [6.07, 6.45) is 0.348. The number of nitrogens with one attached hydrogen (secondary N) is 1. The van der Waals surface area contributed by atoms with E-state index in [1.165, 1.54) is 7.11 Å². The number of aliphatic hydroxyl groups is 1. The van der Waals surface area contributed by atoms with Gasteiger partial charge in [0, 0.05) is 6.54 Å². The summed E-state index contributed by atoms with van der Waals surface area (Å²) >= 11 is 1.04. The fraction of sp³-hybridized carbons (Fsp3) is 0.583. The molecule has 1 aromatic heterocycles. The highest BCUT2D eigenvalue weighted by atomic mass is 32.2. The largest absolute Gasteiger partial charge is 0.465 e. The summed E-state index contributed by atoms with van der Waals surface area (Å²) in [7, 11) is -2.58. The van der Waals surface area contributed by atoms with Crippen molar-refractivity contribution in [3.05, 3.63) is 15.8 Å². The second-order valence-electron chi connectivity index (χ2n) is 4.32. The van der Waals surface area contributed by atoms with Gasteiger partial charge in [-0.1, -0.05) is 6.92 Å². The molecule has 1 unspecified atom stereocenters. The predicted octanol–water partition coefficient (Wildman–Crippen LogP) is 1.28. The van der Waals surface area contributed by atoms with Crippen molar-refractivity contribution >= 4 is 27.3 Å². The average molecular weight is 321 g/mol. The van der Waals surface area contributed by atoms with E-state index < -0.39 is 22.1 Å². The van der Waals surface area contributed by atoms with Gasteiger partial charge in [0.15, 0.2) is 0 Å². The first-order valence-corrected chi connectivity index (χ1v) is 8.53. The molecule has 0 aliphatic rings. The zero-order valence-electron chi connectivity index (χ0n) is 11.7. The molecule has 1 heterocycles. The van der Waals surface area contributed by atoms with Crippen LogP contribution in [0, 0.1) is 6.92 Å². The monoisotopic (exact) mass is 321 g/mol. The molecule has 0 saturated carbocycles. The fourth-order valence-electron chi connectivity index (χ4n) is 1.64. The Labute approximate surface area is 122 Å². The number of esters is 1. The first-order chi connectivity index (χ1) is 9.33. The number of thiophene rings is 1. The Morgan fingerprint density at radius 3 is 2.75 bits per heavy atom. The van der Waals surface area contributed by atoms with Gasteiger partial charge in [-0.25, -0.2) is 17.9 Å². The molecule has 0 saturated heterocycles. The lowest BCUT2D eigenvalue weighted by Crippen LogP contribution is -2.28. The van der Waals surface area contributed by atoms with Gasteiger partial charge in [-0.3, -0.25) is 0 Å². The van der Waals surface area contributed by atoms with E-state index in [4.69, 9.17) is 0 Å². The quantitative estimate of drug-likeness (QED) is 0.738. The molecule has 0 amide bonds. The molecule has 114 valence electrons. The summed E-state index contributed by atoms with van der Waals surface area (Å²) in [5.74, 6) is -0.669. The highest BCUT2D eigenvalue weighted by Crippen LogP contribution is 2.27. The summed E-state index contributed by atoms with van der Waals surface area (Å²) in [6, 6.07) is 0. The smallest absolute Gasteiger partial charge is 0.349 e. The van der Waals surface area contributed by atoms with Gasteiger partial charge >= 0.3 is 5.97 Å². The third kappa shape index (κ3) is 4.02. The van der Waals surface area contributed by atoms with Gasteiger partial charge < -0.3 is 9.84 Å². The van der Waals surface area contributed by atoms with Crippen LogP contribution in [0.2, 0.25) is 0 Å². The minimum atomic E-state index is -3.79. The molecule has 0 bridgehead atoms. The second-order valence-corrected chi connectivity index (χ2v) is 6.90. The van der Waals surface area contributed by atoms with E-state index in [9.17, 15) is 18.3 Å². The van der Waals surface area contributed by atoms with Crippen molar-refractivity contribution < 1.29 is 23.1 Å². The van der Waals surface area contributed by atoms with E-state index >= 15 is 0 Å². The number of sulfonamides is 1. The number of hydrogen-bond donors (Lipinski definition) is 2. The van der Waals surface area contributed by atoms with Crippen molar-refractivity contribution in [3.8, 4) is 0 Å². The maximum atomic E-state index is 12.2. The number of carbonyl (C=O) groups excluding carboxylic acids is 1.